The highest BCUT2D eigenvalue weighted by Gasteiger charge is 2.17. The third kappa shape index (κ3) is 6.85. The van der Waals surface area contributed by atoms with Gasteiger partial charge in [-0.3, -0.25) is 4.90 Å². The molecule has 0 amide bonds. The van der Waals surface area contributed by atoms with Gasteiger partial charge in [0.15, 0.2) is 5.82 Å². The fourth-order valence-corrected chi connectivity index (χ4v) is 4.84. The van der Waals surface area contributed by atoms with Crippen molar-refractivity contribution in [1.29, 1.82) is 0 Å². The lowest BCUT2D eigenvalue weighted by Crippen LogP contribution is -2.44. The first-order valence-corrected chi connectivity index (χ1v) is 13.3. The summed E-state index contributed by atoms with van der Waals surface area (Å²) in [5.41, 5.74) is 8.31. The molecule has 0 saturated carbocycles. The SMILES string of the molecule is Cc1cccc(-c2nccc(Nc3ccnc(Nc4csc(C(=O)OCCN5CCC[C@@H](N)C5)c4)n3)n2)n1. The number of anilines is 4. The standard InChI is InChI=1S/C26H29N9O2S/c1-17-4-2-6-20(30-17)24-28-9-7-22(33-24)32-23-8-10-29-26(34-23)31-19-14-21(38-16-19)25(36)37-13-12-35-11-3-5-18(27)15-35/h2,4,6-10,14,16,18H,3,5,11-13,15,27H2,1H3,(H2,28,29,31,32,33,34)/t18-/m1/s1. The zero-order valence-electron chi connectivity index (χ0n) is 21.0. The van der Waals surface area contributed by atoms with Gasteiger partial charge in [-0.25, -0.2) is 24.7 Å². The van der Waals surface area contributed by atoms with Crippen LogP contribution < -0.4 is 16.4 Å². The summed E-state index contributed by atoms with van der Waals surface area (Å²) in [5, 5.41) is 8.14. The number of esters is 1. The molecule has 4 N–H and O–H groups in total. The number of nitrogens with one attached hydrogen (secondary N) is 2. The summed E-state index contributed by atoms with van der Waals surface area (Å²) in [5.74, 6) is 1.68. The lowest BCUT2D eigenvalue weighted by Gasteiger charge is -2.30. The van der Waals surface area contributed by atoms with Crippen molar-refractivity contribution in [3.8, 4) is 11.5 Å². The monoisotopic (exact) mass is 531 g/mol. The minimum Gasteiger partial charge on any atom is -0.460 e. The summed E-state index contributed by atoms with van der Waals surface area (Å²) in [6, 6.07) is 11.1. The molecule has 0 unspecified atom stereocenters. The van der Waals surface area contributed by atoms with Crippen LogP contribution in [0.4, 0.5) is 23.3 Å². The van der Waals surface area contributed by atoms with E-state index in [1.807, 2.05) is 30.5 Å². The number of piperidine rings is 1. The van der Waals surface area contributed by atoms with Crippen LogP contribution in [0, 0.1) is 6.92 Å². The Morgan fingerprint density at radius 2 is 1.97 bits per heavy atom. The van der Waals surface area contributed by atoms with Crippen LogP contribution in [0.15, 0.2) is 54.2 Å². The van der Waals surface area contributed by atoms with Gasteiger partial charge in [0, 0.05) is 42.6 Å². The minimum absolute atomic E-state index is 0.204. The lowest BCUT2D eigenvalue weighted by atomic mass is 10.1. The predicted molar refractivity (Wildman–Crippen MR) is 147 cm³/mol. The Hall–Kier alpha value is -4.00. The normalized spacial score (nSPS) is 15.7. The van der Waals surface area contributed by atoms with Gasteiger partial charge in [-0.1, -0.05) is 6.07 Å². The van der Waals surface area contributed by atoms with Gasteiger partial charge in [-0.2, -0.15) is 4.98 Å². The van der Waals surface area contributed by atoms with Crippen LogP contribution in [0.1, 0.15) is 28.2 Å². The van der Waals surface area contributed by atoms with Gasteiger partial charge < -0.3 is 21.1 Å². The molecule has 0 aliphatic carbocycles. The Labute approximate surface area is 224 Å². The van der Waals surface area contributed by atoms with Crippen molar-refractivity contribution in [3.63, 3.8) is 0 Å². The average molecular weight is 532 g/mol. The first-order valence-electron chi connectivity index (χ1n) is 12.4. The second kappa shape index (κ2) is 12.0. The van der Waals surface area contributed by atoms with Crippen molar-refractivity contribution in [3.05, 3.63) is 64.7 Å². The molecule has 5 heterocycles. The molecular weight excluding hydrogens is 502 g/mol. The largest absolute Gasteiger partial charge is 0.460 e. The summed E-state index contributed by atoms with van der Waals surface area (Å²) < 4.78 is 5.47. The van der Waals surface area contributed by atoms with Gasteiger partial charge in [0.25, 0.3) is 0 Å². The lowest BCUT2D eigenvalue weighted by molar-refractivity contribution is 0.0453. The maximum absolute atomic E-state index is 12.5. The number of pyridine rings is 1. The van der Waals surface area contributed by atoms with E-state index >= 15 is 0 Å². The summed E-state index contributed by atoms with van der Waals surface area (Å²) in [4.78, 5) is 37.4. The molecule has 0 radical (unpaired) electrons. The zero-order chi connectivity index (χ0) is 26.3. The molecule has 1 atom stereocenters. The van der Waals surface area contributed by atoms with E-state index in [4.69, 9.17) is 10.5 Å². The molecule has 12 heteroatoms. The topological polar surface area (TPSA) is 144 Å². The number of carbonyl (C=O) groups excluding carboxylic acids is 1. The molecule has 0 bridgehead atoms. The second-order valence-corrected chi connectivity index (χ2v) is 9.89. The van der Waals surface area contributed by atoms with E-state index < -0.39 is 0 Å². The Balaban J connectivity index is 1.17. The highest BCUT2D eigenvalue weighted by molar-refractivity contribution is 7.12. The number of nitrogens with zero attached hydrogens (tertiary/aromatic N) is 6. The molecule has 4 aromatic heterocycles. The average Bonchev–Trinajstić information content (AvgIpc) is 3.38. The summed E-state index contributed by atoms with van der Waals surface area (Å²) >= 11 is 1.31. The minimum atomic E-state index is -0.344. The molecule has 1 aliphatic rings. The Bertz CT molecular complexity index is 1400. The van der Waals surface area contributed by atoms with Crippen molar-refractivity contribution < 1.29 is 9.53 Å². The smallest absolute Gasteiger partial charge is 0.348 e. The van der Waals surface area contributed by atoms with Gasteiger partial charge in [-0.15, -0.1) is 11.3 Å². The van der Waals surface area contributed by atoms with Crippen molar-refractivity contribution in [1.82, 2.24) is 29.8 Å². The van der Waals surface area contributed by atoms with E-state index in [1.54, 1.807) is 30.6 Å². The van der Waals surface area contributed by atoms with E-state index in [-0.39, 0.29) is 12.0 Å². The molecule has 0 spiro atoms. The first-order chi connectivity index (χ1) is 18.5. The second-order valence-electron chi connectivity index (χ2n) is 8.98. The number of likely N-dealkylation sites (tertiary alicyclic amines) is 1. The number of aromatic nitrogens is 5. The van der Waals surface area contributed by atoms with E-state index in [0.717, 1.165) is 31.6 Å². The molecule has 11 nitrogen and oxygen atoms in total. The molecule has 5 rings (SSSR count). The predicted octanol–water partition coefficient (Wildman–Crippen LogP) is 3.77. The maximum Gasteiger partial charge on any atom is 0.348 e. The van der Waals surface area contributed by atoms with E-state index in [0.29, 0.717) is 52.8 Å². The van der Waals surface area contributed by atoms with Crippen molar-refractivity contribution >= 4 is 40.6 Å². The van der Waals surface area contributed by atoms with Gasteiger partial charge in [0.1, 0.15) is 28.8 Å². The molecular formula is C26H29N9O2S. The van der Waals surface area contributed by atoms with Crippen molar-refractivity contribution in [2.24, 2.45) is 5.73 Å². The summed E-state index contributed by atoms with van der Waals surface area (Å²) in [7, 11) is 0. The van der Waals surface area contributed by atoms with E-state index in [9.17, 15) is 4.79 Å². The molecule has 38 heavy (non-hydrogen) atoms. The third-order valence-corrected chi connectivity index (χ3v) is 6.83. The fraction of sp³-hybridized carbons (Fsp3) is 0.308. The van der Waals surface area contributed by atoms with E-state index in [2.05, 4.69) is 40.5 Å². The quantitative estimate of drug-likeness (QED) is 0.271. The van der Waals surface area contributed by atoms with Crippen LogP contribution in [0.5, 0.6) is 0 Å². The summed E-state index contributed by atoms with van der Waals surface area (Å²) in [6.45, 7) is 4.80. The van der Waals surface area contributed by atoms with Gasteiger partial charge in [0.05, 0.1) is 5.69 Å². The van der Waals surface area contributed by atoms with Crippen LogP contribution in [-0.2, 0) is 4.74 Å². The maximum atomic E-state index is 12.5. The molecule has 196 valence electrons. The molecule has 0 aromatic carbocycles. The number of hydrogen-bond acceptors (Lipinski definition) is 12. The van der Waals surface area contributed by atoms with Gasteiger partial charge in [-0.05, 0) is 56.6 Å². The van der Waals surface area contributed by atoms with Gasteiger partial charge >= 0.3 is 5.97 Å². The number of aryl methyl sites for hydroxylation is 1. The number of thiophene rings is 1. The Morgan fingerprint density at radius 3 is 2.82 bits per heavy atom. The molecule has 1 fully saturated rings. The summed E-state index contributed by atoms with van der Waals surface area (Å²) in [6.07, 6.45) is 5.44. The van der Waals surface area contributed by atoms with Crippen LogP contribution in [0.25, 0.3) is 11.5 Å². The number of carbonyl (C=O) groups is 1. The van der Waals surface area contributed by atoms with Crippen LogP contribution in [-0.4, -0.2) is 68.1 Å². The van der Waals surface area contributed by atoms with Gasteiger partial charge in [0.2, 0.25) is 5.95 Å². The number of hydrogen-bond donors (Lipinski definition) is 3. The highest BCUT2D eigenvalue weighted by atomic mass is 32.1. The Morgan fingerprint density at radius 1 is 1.13 bits per heavy atom. The number of ether oxygens (including phenoxy) is 1. The first kappa shape index (κ1) is 25.6. The zero-order valence-corrected chi connectivity index (χ0v) is 21.8. The van der Waals surface area contributed by atoms with Crippen LogP contribution in [0.3, 0.4) is 0 Å². The molecule has 1 saturated heterocycles. The number of nitrogens with two attached hydrogens (primary N) is 1. The number of rotatable bonds is 9. The van der Waals surface area contributed by atoms with Crippen molar-refractivity contribution in [2.45, 2.75) is 25.8 Å². The highest BCUT2D eigenvalue weighted by Crippen LogP contribution is 2.24. The molecule has 4 aromatic rings. The molecule has 1 aliphatic heterocycles. The van der Waals surface area contributed by atoms with Crippen LogP contribution >= 0.6 is 11.3 Å². The van der Waals surface area contributed by atoms with Crippen LogP contribution in [0.2, 0.25) is 0 Å². The Kier molecular flexibility index (Phi) is 8.12. The third-order valence-electron chi connectivity index (χ3n) is 5.92. The van der Waals surface area contributed by atoms with Crippen molar-refractivity contribution in [2.75, 3.05) is 36.9 Å². The van der Waals surface area contributed by atoms with E-state index in [1.165, 1.54) is 11.3 Å². The fourth-order valence-electron chi connectivity index (χ4n) is 4.11.